The molecule has 112 valence electrons. The summed E-state index contributed by atoms with van der Waals surface area (Å²) in [6.45, 7) is 4.67. The van der Waals surface area contributed by atoms with Crippen molar-refractivity contribution in [2.24, 2.45) is 0 Å². The van der Waals surface area contributed by atoms with E-state index in [1.807, 2.05) is 13.8 Å². The van der Waals surface area contributed by atoms with Gasteiger partial charge in [-0.25, -0.2) is 8.78 Å². The molecule has 0 aliphatic carbocycles. The van der Waals surface area contributed by atoms with Gasteiger partial charge in [0.15, 0.2) is 0 Å². The first-order valence-corrected chi connectivity index (χ1v) is 7.35. The van der Waals surface area contributed by atoms with Crippen LogP contribution in [-0.4, -0.2) is 6.54 Å². The SMILES string of the molecule is CCCNC(c1cc(F)ccc1C)c1cccc(F)c1Cl. The second-order valence-corrected chi connectivity index (χ2v) is 5.41. The maximum atomic E-state index is 13.7. The van der Waals surface area contributed by atoms with Crippen LogP contribution in [0.15, 0.2) is 36.4 Å². The van der Waals surface area contributed by atoms with Gasteiger partial charge in [0.25, 0.3) is 0 Å². The van der Waals surface area contributed by atoms with Gasteiger partial charge in [0.05, 0.1) is 11.1 Å². The van der Waals surface area contributed by atoms with Gasteiger partial charge < -0.3 is 5.32 Å². The third-order valence-corrected chi connectivity index (χ3v) is 3.84. The monoisotopic (exact) mass is 309 g/mol. The minimum atomic E-state index is -0.466. The standard InChI is InChI=1S/C17H18ClF2N/c1-3-9-21-17(13-5-4-6-15(20)16(13)18)14-10-12(19)8-7-11(14)2/h4-8,10,17,21H,3,9H2,1-2H3. The van der Waals surface area contributed by atoms with Crippen LogP contribution in [0.4, 0.5) is 8.78 Å². The number of hydrogen-bond donors (Lipinski definition) is 1. The van der Waals surface area contributed by atoms with Gasteiger partial charge >= 0.3 is 0 Å². The minimum absolute atomic E-state index is 0.0785. The molecule has 21 heavy (non-hydrogen) atoms. The fourth-order valence-electron chi connectivity index (χ4n) is 2.34. The van der Waals surface area contributed by atoms with Gasteiger partial charge in [-0.15, -0.1) is 0 Å². The highest BCUT2D eigenvalue weighted by Crippen LogP contribution is 2.32. The molecule has 1 unspecified atom stereocenters. The van der Waals surface area contributed by atoms with Crippen LogP contribution < -0.4 is 5.32 Å². The summed E-state index contributed by atoms with van der Waals surface area (Å²) < 4.78 is 27.3. The summed E-state index contributed by atoms with van der Waals surface area (Å²) in [5.41, 5.74) is 2.33. The Morgan fingerprint density at radius 1 is 1.14 bits per heavy atom. The summed E-state index contributed by atoms with van der Waals surface area (Å²) in [6.07, 6.45) is 0.914. The van der Waals surface area contributed by atoms with Crippen molar-refractivity contribution >= 4 is 11.6 Å². The maximum absolute atomic E-state index is 13.7. The smallest absolute Gasteiger partial charge is 0.142 e. The summed E-state index contributed by atoms with van der Waals surface area (Å²) in [4.78, 5) is 0. The third-order valence-electron chi connectivity index (χ3n) is 3.44. The van der Waals surface area contributed by atoms with E-state index in [9.17, 15) is 8.78 Å². The zero-order valence-electron chi connectivity index (χ0n) is 12.1. The molecule has 2 rings (SSSR count). The Balaban J connectivity index is 2.52. The van der Waals surface area contributed by atoms with E-state index in [1.54, 1.807) is 18.2 Å². The minimum Gasteiger partial charge on any atom is -0.306 e. The molecule has 2 aromatic rings. The predicted molar refractivity (Wildman–Crippen MR) is 82.7 cm³/mol. The fraction of sp³-hybridized carbons (Fsp3) is 0.294. The topological polar surface area (TPSA) is 12.0 Å². The van der Waals surface area contributed by atoms with E-state index in [2.05, 4.69) is 5.32 Å². The molecule has 0 aliphatic rings. The van der Waals surface area contributed by atoms with Crippen LogP contribution in [0.3, 0.4) is 0 Å². The highest BCUT2D eigenvalue weighted by molar-refractivity contribution is 6.31. The van der Waals surface area contributed by atoms with Crippen molar-refractivity contribution in [1.29, 1.82) is 0 Å². The zero-order valence-corrected chi connectivity index (χ0v) is 12.8. The Bertz CT molecular complexity index is 626. The highest BCUT2D eigenvalue weighted by atomic mass is 35.5. The number of nitrogens with one attached hydrogen (secondary N) is 1. The molecule has 1 N–H and O–H groups in total. The number of hydrogen-bond acceptors (Lipinski definition) is 1. The molecular weight excluding hydrogens is 292 g/mol. The van der Waals surface area contributed by atoms with Crippen molar-refractivity contribution in [2.45, 2.75) is 26.3 Å². The van der Waals surface area contributed by atoms with Gasteiger partial charge in [-0.05, 0) is 54.8 Å². The van der Waals surface area contributed by atoms with Crippen molar-refractivity contribution in [1.82, 2.24) is 5.32 Å². The summed E-state index contributed by atoms with van der Waals surface area (Å²) in [7, 11) is 0. The average Bonchev–Trinajstić information content (AvgIpc) is 2.47. The number of rotatable bonds is 5. The lowest BCUT2D eigenvalue weighted by atomic mass is 9.94. The molecule has 0 saturated heterocycles. The van der Waals surface area contributed by atoms with Gasteiger partial charge in [-0.1, -0.05) is 36.7 Å². The summed E-state index contributed by atoms with van der Waals surface area (Å²) >= 11 is 6.10. The Hall–Kier alpha value is -1.45. The molecule has 1 atom stereocenters. The van der Waals surface area contributed by atoms with Crippen LogP contribution in [0.5, 0.6) is 0 Å². The predicted octanol–water partition coefficient (Wildman–Crippen LogP) is 5.02. The van der Waals surface area contributed by atoms with Crippen LogP contribution >= 0.6 is 11.6 Å². The van der Waals surface area contributed by atoms with Crippen molar-refractivity contribution in [3.63, 3.8) is 0 Å². The van der Waals surface area contributed by atoms with E-state index in [1.165, 1.54) is 18.2 Å². The summed E-state index contributed by atoms with van der Waals surface area (Å²) in [6, 6.07) is 8.99. The molecule has 0 fully saturated rings. The summed E-state index contributed by atoms with van der Waals surface area (Å²) in [5, 5.41) is 3.40. The van der Waals surface area contributed by atoms with Crippen LogP contribution in [0.25, 0.3) is 0 Å². The van der Waals surface area contributed by atoms with Crippen molar-refractivity contribution in [2.75, 3.05) is 6.54 Å². The van der Waals surface area contributed by atoms with Gasteiger partial charge in [-0.3, -0.25) is 0 Å². The molecule has 0 aliphatic heterocycles. The molecule has 0 aromatic heterocycles. The molecule has 0 radical (unpaired) electrons. The van der Waals surface area contributed by atoms with E-state index >= 15 is 0 Å². The Morgan fingerprint density at radius 3 is 2.62 bits per heavy atom. The van der Waals surface area contributed by atoms with Crippen molar-refractivity contribution in [3.05, 3.63) is 69.7 Å². The largest absolute Gasteiger partial charge is 0.306 e. The lowest BCUT2D eigenvalue weighted by molar-refractivity contribution is 0.575. The quantitative estimate of drug-likeness (QED) is 0.818. The number of halogens is 3. The number of benzene rings is 2. The van der Waals surface area contributed by atoms with Crippen LogP contribution in [0, 0.1) is 18.6 Å². The van der Waals surface area contributed by atoms with Gasteiger partial charge in [-0.2, -0.15) is 0 Å². The molecule has 4 heteroatoms. The van der Waals surface area contributed by atoms with E-state index in [0.29, 0.717) is 5.56 Å². The maximum Gasteiger partial charge on any atom is 0.142 e. The third kappa shape index (κ3) is 3.60. The molecule has 0 spiro atoms. The molecule has 2 aromatic carbocycles. The highest BCUT2D eigenvalue weighted by Gasteiger charge is 2.20. The number of aryl methyl sites for hydroxylation is 1. The first kappa shape index (κ1) is 15.9. The first-order chi connectivity index (χ1) is 10.0. The van der Waals surface area contributed by atoms with Crippen LogP contribution in [-0.2, 0) is 0 Å². The van der Waals surface area contributed by atoms with Gasteiger partial charge in [0.1, 0.15) is 11.6 Å². The van der Waals surface area contributed by atoms with E-state index in [-0.39, 0.29) is 16.9 Å². The normalized spacial score (nSPS) is 12.4. The zero-order chi connectivity index (χ0) is 15.4. The van der Waals surface area contributed by atoms with E-state index in [4.69, 9.17) is 11.6 Å². The van der Waals surface area contributed by atoms with E-state index < -0.39 is 5.82 Å². The second kappa shape index (κ2) is 7.01. The van der Waals surface area contributed by atoms with Gasteiger partial charge in [0, 0.05) is 0 Å². The lowest BCUT2D eigenvalue weighted by Gasteiger charge is -2.22. The van der Waals surface area contributed by atoms with Crippen LogP contribution in [0.2, 0.25) is 5.02 Å². The molecule has 0 saturated carbocycles. The molecule has 1 nitrogen and oxygen atoms in total. The second-order valence-electron chi connectivity index (χ2n) is 5.03. The summed E-state index contributed by atoms with van der Waals surface area (Å²) in [5.74, 6) is -0.780. The molecule has 0 bridgehead atoms. The Labute approximate surface area is 128 Å². The Morgan fingerprint density at radius 2 is 1.90 bits per heavy atom. The van der Waals surface area contributed by atoms with Crippen LogP contribution in [0.1, 0.15) is 36.1 Å². The van der Waals surface area contributed by atoms with Crippen molar-refractivity contribution < 1.29 is 8.78 Å². The van der Waals surface area contributed by atoms with Crippen molar-refractivity contribution in [3.8, 4) is 0 Å². The molecule has 0 amide bonds. The first-order valence-electron chi connectivity index (χ1n) is 6.98. The molecular formula is C17H18ClF2N. The molecule has 0 heterocycles. The Kier molecular flexibility index (Phi) is 5.32. The average molecular weight is 310 g/mol. The lowest BCUT2D eigenvalue weighted by Crippen LogP contribution is -2.24. The van der Waals surface area contributed by atoms with Gasteiger partial charge in [0.2, 0.25) is 0 Å². The van der Waals surface area contributed by atoms with E-state index in [0.717, 1.165) is 24.1 Å². The fourth-order valence-corrected chi connectivity index (χ4v) is 2.58.